The second-order valence-electron chi connectivity index (χ2n) is 6.56. The molecular weight excluding hydrogens is 380 g/mol. The second-order valence-corrected chi connectivity index (χ2v) is 6.56. The number of nitrogens with zero attached hydrogens (tertiary/aromatic N) is 3. The molecule has 0 saturated heterocycles. The van der Waals surface area contributed by atoms with Gasteiger partial charge in [-0.15, -0.1) is 0 Å². The van der Waals surface area contributed by atoms with E-state index >= 15 is 0 Å². The van der Waals surface area contributed by atoms with Gasteiger partial charge >= 0.3 is 0 Å². The van der Waals surface area contributed by atoms with Gasteiger partial charge in [0, 0.05) is 18.0 Å². The number of aromatic nitrogens is 3. The lowest BCUT2D eigenvalue weighted by atomic mass is 10.1. The number of rotatable bonds is 6. The largest absolute Gasteiger partial charge is 0.343 e. The first-order chi connectivity index (χ1) is 13.9. The maximum Gasteiger partial charge on any atom is 0.255 e. The molecule has 0 atom stereocenters. The van der Waals surface area contributed by atoms with E-state index in [0.717, 1.165) is 12.1 Å². The molecule has 7 nitrogen and oxygen atoms in total. The van der Waals surface area contributed by atoms with Crippen LogP contribution < -0.4 is 10.6 Å². The zero-order valence-corrected chi connectivity index (χ0v) is 15.8. The molecule has 0 aliphatic rings. The molecule has 0 aliphatic heterocycles. The first-order valence-corrected chi connectivity index (χ1v) is 8.89. The van der Waals surface area contributed by atoms with Crippen molar-refractivity contribution < 1.29 is 18.4 Å². The Labute approximate surface area is 165 Å². The molecule has 9 heteroatoms. The standard InChI is InChI=1S/C20H19F2N5O2/c1-12(2)19-14(10-25-27(19)17-5-3-4-8-23-17)20(29)24-11-18(28)26-13-6-7-15(21)16(22)9-13/h3-10,12H,11H2,1-2H3,(H,24,29)(H,26,28). The fourth-order valence-electron chi connectivity index (χ4n) is 2.78. The maximum absolute atomic E-state index is 13.2. The molecule has 0 fully saturated rings. The average molecular weight is 399 g/mol. The van der Waals surface area contributed by atoms with E-state index in [9.17, 15) is 18.4 Å². The van der Waals surface area contributed by atoms with Crippen molar-refractivity contribution in [3.63, 3.8) is 0 Å². The summed E-state index contributed by atoms with van der Waals surface area (Å²) in [5, 5.41) is 9.16. The van der Waals surface area contributed by atoms with Crippen molar-refractivity contribution in [3.8, 4) is 5.82 Å². The van der Waals surface area contributed by atoms with E-state index in [1.54, 1.807) is 23.0 Å². The monoisotopic (exact) mass is 399 g/mol. The summed E-state index contributed by atoms with van der Waals surface area (Å²) in [7, 11) is 0. The van der Waals surface area contributed by atoms with Gasteiger partial charge < -0.3 is 10.6 Å². The highest BCUT2D eigenvalue weighted by atomic mass is 19.2. The fourth-order valence-corrected chi connectivity index (χ4v) is 2.78. The summed E-state index contributed by atoms with van der Waals surface area (Å²) in [6.07, 6.45) is 3.05. The molecule has 29 heavy (non-hydrogen) atoms. The lowest BCUT2D eigenvalue weighted by molar-refractivity contribution is -0.115. The molecule has 3 aromatic rings. The van der Waals surface area contributed by atoms with Crippen LogP contribution in [0.25, 0.3) is 5.82 Å². The van der Waals surface area contributed by atoms with Crippen LogP contribution in [0.3, 0.4) is 0 Å². The first-order valence-electron chi connectivity index (χ1n) is 8.89. The van der Waals surface area contributed by atoms with Crippen molar-refractivity contribution >= 4 is 17.5 Å². The van der Waals surface area contributed by atoms with E-state index in [0.29, 0.717) is 17.1 Å². The predicted molar refractivity (Wildman–Crippen MR) is 103 cm³/mol. The molecular formula is C20H19F2N5O2. The molecule has 0 unspecified atom stereocenters. The van der Waals surface area contributed by atoms with Gasteiger partial charge in [0.2, 0.25) is 5.91 Å². The van der Waals surface area contributed by atoms with E-state index in [2.05, 4.69) is 20.7 Å². The highest BCUT2D eigenvalue weighted by Crippen LogP contribution is 2.22. The van der Waals surface area contributed by atoms with Crippen LogP contribution in [0.5, 0.6) is 0 Å². The average Bonchev–Trinajstić information content (AvgIpc) is 3.15. The number of anilines is 1. The zero-order chi connectivity index (χ0) is 21.0. The zero-order valence-electron chi connectivity index (χ0n) is 15.8. The Hall–Kier alpha value is -3.62. The van der Waals surface area contributed by atoms with Crippen molar-refractivity contribution in [1.82, 2.24) is 20.1 Å². The highest BCUT2D eigenvalue weighted by Gasteiger charge is 2.21. The Morgan fingerprint density at radius 3 is 2.59 bits per heavy atom. The number of halogens is 2. The first kappa shape index (κ1) is 20.1. The summed E-state index contributed by atoms with van der Waals surface area (Å²) in [6, 6.07) is 8.37. The molecule has 0 radical (unpaired) electrons. The van der Waals surface area contributed by atoms with Crippen LogP contribution in [0.1, 0.15) is 35.8 Å². The number of carbonyl (C=O) groups is 2. The Morgan fingerprint density at radius 1 is 1.14 bits per heavy atom. The molecule has 0 bridgehead atoms. The van der Waals surface area contributed by atoms with Gasteiger partial charge in [0.05, 0.1) is 24.0 Å². The van der Waals surface area contributed by atoms with Crippen molar-refractivity contribution in [1.29, 1.82) is 0 Å². The summed E-state index contributed by atoms with van der Waals surface area (Å²) in [5.74, 6) is -2.59. The summed E-state index contributed by atoms with van der Waals surface area (Å²) in [6.45, 7) is 3.50. The van der Waals surface area contributed by atoms with Crippen molar-refractivity contribution in [2.75, 3.05) is 11.9 Å². The molecule has 0 spiro atoms. The van der Waals surface area contributed by atoms with Crippen molar-refractivity contribution in [2.45, 2.75) is 19.8 Å². The molecule has 3 rings (SSSR count). The van der Waals surface area contributed by atoms with E-state index in [1.807, 2.05) is 19.9 Å². The molecule has 150 valence electrons. The van der Waals surface area contributed by atoms with E-state index < -0.39 is 23.4 Å². The van der Waals surface area contributed by atoms with Crippen LogP contribution in [-0.2, 0) is 4.79 Å². The van der Waals surface area contributed by atoms with E-state index in [4.69, 9.17) is 0 Å². The number of hydrogen-bond acceptors (Lipinski definition) is 4. The smallest absolute Gasteiger partial charge is 0.255 e. The minimum absolute atomic E-state index is 0.0312. The van der Waals surface area contributed by atoms with Gasteiger partial charge in [-0.3, -0.25) is 9.59 Å². The number of pyridine rings is 1. The minimum atomic E-state index is -1.07. The quantitative estimate of drug-likeness (QED) is 0.667. The van der Waals surface area contributed by atoms with Crippen LogP contribution in [0.2, 0.25) is 0 Å². The molecule has 0 saturated carbocycles. The highest BCUT2D eigenvalue weighted by molar-refractivity contribution is 6.00. The third-order valence-corrected chi connectivity index (χ3v) is 4.08. The van der Waals surface area contributed by atoms with Crippen LogP contribution in [0.15, 0.2) is 48.8 Å². The number of hydrogen-bond donors (Lipinski definition) is 2. The number of carbonyl (C=O) groups excluding carboxylic acids is 2. The van der Waals surface area contributed by atoms with Gasteiger partial charge in [-0.2, -0.15) is 5.10 Å². The number of benzene rings is 1. The van der Waals surface area contributed by atoms with Gasteiger partial charge in [0.15, 0.2) is 17.5 Å². The Balaban J connectivity index is 1.70. The Kier molecular flexibility index (Phi) is 5.96. The topological polar surface area (TPSA) is 88.9 Å². The van der Waals surface area contributed by atoms with Crippen LogP contribution >= 0.6 is 0 Å². The predicted octanol–water partition coefficient (Wildman–Crippen LogP) is 3.04. The lowest BCUT2D eigenvalue weighted by Gasteiger charge is -2.12. The van der Waals surface area contributed by atoms with Crippen LogP contribution in [0, 0.1) is 11.6 Å². The summed E-state index contributed by atoms with van der Waals surface area (Å²) >= 11 is 0. The second kappa shape index (κ2) is 8.59. The molecule has 2 aromatic heterocycles. The van der Waals surface area contributed by atoms with Crippen LogP contribution in [0.4, 0.5) is 14.5 Å². The van der Waals surface area contributed by atoms with E-state index in [1.165, 1.54) is 12.3 Å². The van der Waals surface area contributed by atoms with E-state index in [-0.39, 0.29) is 18.2 Å². The normalized spacial score (nSPS) is 10.8. The summed E-state index contributed by atoms with van der Waals surface area (Å²) in [5.41, 5.74) is 1.07. The molecule has 2 heterocycles. The summed E-state index contributed by atoms with van der Waals surface area (Å²) < 4.78 is 27.7. The van der Waals surface area contributed by atoms with Gasteiger partial charge in [-0.25, -0.2) is 18.4 Å². The molecule has 1 aromatic carbocycles. The molecule has 2 amide bonds. The number of nitrogens with one attached hydrogen (secondary N) is 2. The van der Waals surface area contributed by atoms with Crippen molar-refractivity contribution in [2.24, 2.45) is 0 Å². The Bertz CT molecular complexity index is 1030. The third kappa shape index (κ3) is 4.63. The SMILES string of the molecule is CC(C)c1c(C(=O)NCC(=O)Nc2ccc(F)c(F)c2)cnn1-c1ccccn1. The molecule has 0 aliphatic carbocycles. The lowest BCUT2D eigenvalue weighted by Crippen LogP contribution is -2.33. The van der Waals surface area contributed by atoms with Crippen molar-refractivity contribution in [3.05, 3.63) is 71.7 Å². The fraction of sp³-hybridized carbons (Fsp3) is 0.200. The van der Waals surface area contributed by atoms with Gasteiger partial charge in [0.25, 0.3) is 5.91 Å². The third-order valence-electron chi connectivity index (χ3n) is 4.08. The maximum atomic E-state index is 13.2. The minimum Gasteiger partial charge on any atom is -0.343 e. The molecule has 2 N–H and O–H groups in total. The Morgan fingerprint density at radius 2 is 1.93 bits per heavy atom. The summed E-state index contributed by atoms with van der Waals surface area (Å²) in [4.78, 5) is 28.9. The number of amides is 2. The van der Waals surface area contributed by atoms with Gasteiger partial charge in [-0.05, 0) is 30.2 Å². The van der Waals surface area contributed by atoms with Crippen LogP contribution in [-0.4, -0.2) is 33.1 Å². The van der Waals surface area contributed by atoms with Gasteiger partial charge in [-0.1, -0.05) is 19.9 Å². The van der Waals surface area contributed by atoms with Gasteiger partial charge in [0.1, 0.15) is 0 Å².